The van der Waals surface area contributed by atoms with E-state index in [0.29, 0.717) is 38.2 Å². The van der Waals surface area contributed by atoms with Gasteiger partial charge in [-0.05, 0) is 44.5 Å². The quantitative estimate of drug-likeness (QED) is 0.320. The zero-order valence-corrected chi connectivity index (χ0v) is 20.3. The van der Waals surface area contributed by atoms with Crippen LogP contribution >= 0.6 is 34.8 Å². The fourth-order valence-electron chi connectivity index (χ4n) is 3.79. The van der Waals surface area contributed by atoms with Crippen molar-refractivity contribution in [3.05, 3.63) is 69.1 Å². The predicted octanol–water partition coefficient (Wildman–Crippen LogP) is 6.58. The Balaban J connectivity index is 1.98. The molecule has 4 aromatic rings. The van der Waals surface area contributed by atoms with Crippen LogP contribution in [0.25, 0.3) is 16.6 Å². The summed E-state index contributed by atoms with van der Waals surface area (Å²) in [6, 6.07) is 5.58. The Morgan fingerprint density at radius 1 is 1.09 bits per heavy atom. The van der Waals surface area contributed by atoms with Crippen molar-refractivity contribution in [3.8, 4) is 16.9 Å². The Bertz CT molecular complexity index is 1300. The Morgan fingerprint density at radius 3 is 2.50 bits per heavy atom. The van der Waals surface area contributed by atoms with Crippen LogP contribution in [0.2, 0.25) is 15.3 Å². The van der Waals surface area contributed by atoms with Gasteiger partial charge in [0.2, 0.25) is 0 Å². The van der Waals surface area contributed by atoms with Crippen LogP contribution in [0.1, 0.15) is 43.6 Å². The molecule has 166 valence electrons. The molecule has 0 fully saturated rings. The molecule has 0 saturated heterocycles. The van der Waals surface area contributed by atoms with E-state index < -0.39 is 0 Å². The number of rotatable bonds is 5. The average Bonchev–Trinajstić information content (AvgIpc) is 3.09. The van der Waals surface area contributed by atoms with Gasteiger partial charge in [-0.15, -0.1) is 0 Å². The van der Waals surface area contributed by atoms with E-state index in [2.05, 4.69) is 15.0 Å². The summed E-state index contributed by atoms with van der Waals surface area (Å²) in [4.78, 5) is 13.0. The van der Waals surface area contributed by atoms with Gasteiger partial charge < -0.3 is 10.5 Å². The molecule has 0 aliphatic carbocycles. The first kappa shape index (κ1) is 22.6. The third-order valence-electron chi connectivity index (χ3n) is 5.30. The van der Waals surface area contributed by atoms with E-state index in [1.807, 2.05) is 44.2 Å². The summed E-state index contributed by atoms with van der Waals surface area (Å²) in [5, 5.41) is 1.32. The van der Waals surface area contributed by atoms with Gasteiger partial charge in [0.15, 0.2) is 11.0 Å². The number of imidazole rings is 1. The molecule has 0 saturated carbocycles. The van der Waals surface area contributed by atoms with Crippen molar-refractivity contribution in [1.29, 1.82) is 0 Å². The molecule has 6 nitrogen and oxygen atoms in total. The lowest BCUT2D eigenvalue weighted by molar-refractivity contribution is 0.240. The molecule has 0 amide bonds. The number of hydrogen-bond acceptors (Lipinski definition) is 5. The molecule has 1 aromatic carbocycles. The Morgan fingerprint density at radius 2 is 1.84 bits per heavy atom. The summed E-state index contributed by atoms with van der Waals surface area (Å²) in [5.41, 5.74) is 10.1. The van der Waals surface area contributed by atoms with Crippen LogP contribution in [0.5, 0.6) is 5.75 Å². The molecule has 0 aliphatic rings. The topological polar surface area (TPSA) is 78.3 Å². The van der Waals surface area contributed by atoms with Gasteiger partial charge in [0.05, 0.1) is 6.10 Å². The van der Waals surface area contributed by atoms with Gasteiger partial charge in [0.1, 0.15) is 22.2 Å². The van der Waals surface area contributed by atoms with Crippen molar-refractivity contribution in [2.75, 3.05) is 5.73 Å². The highest BCUT2D eigenvalue weighted by Gasteiger charge is 2.26. The number of nitrogens with zero attached hydrogens (tertiary/aromatic N) is 4. The number of halogens is 3. The van der Waals surface area contributed by atoms with Crippen molar-refractivity contribution in [2.24, 2.45) is 0 Å². The number of anilines is 1. The predicted molar refractivity (Wildman–Crippen MR) is 130 cm³/mol. The molecule has 0 aliphatic heterocycles. The molecular formula is C23H22Cl3N5O. The fraction of sp³-hybridized carbons (Fsp3) is 0.261. The smallest absolute Gasteiger partial charge is 0.158 e. The molecule has 3 heterocycles. The van der Waals surface area contributed by atoms with Crippen LogP contribution in [0.4, 0.5) is 5.82 Å². The molecule has 4 rings (SSSR count). The molecule has 1 atom stereocenters. The Labute approximate surface area is 201 Å². The first-order valence-corrected chi connectivity index (χ1v) is 11.2. The summed E-state index contributed by atoms with van der Waals surface area (Å²) in [7, 11) is 0. The van der Waals surface area contributed by atoms with Crippen LogP contribution in [-0.2, 0) is 0 Å². The fourth-order valence-corrected chi connectivity index (χ4v) is 4.39. The van der Waals surface area contributed by atoms with E-state index >= 15 is 0 Å². The monoisotopic (exact) mass is 489 g/mol. The standard InChI is InChI=1S/C23H22Cl3N5O/c1-11(2)32-20-15(9-16(24)13(4)18(20)14-5-6-17(25)29-10-14)12(3)23-30-21(26)19-22(27)28-7-8-31(19)23/h5-12H,1-4H3,(H2,27,28)/t12-/m1/s1. The molecule has 32 heavy (non-hydrogen) atoms. The summed E-state index contributed by atoms with van der Waals surface area (Å²) in [5.74, 6) is 1.51. The van der Waals surface area contributed by atoms with Gasteiger partial charge in [-0.25, -0.2) is 15.0 Å². The van der Waals surface area contributed by atoms with E-state index in [4.69, 9.17) is 45.3 Å². The molecule has 2 N–H and O–H groups in total. The van der Waals surface area contributed by atoms with Crippen LogP contribution in [0.15, 0.2) is 36.8 Å². The maximum atomic E-state index is 6.70. The maximum Gasteiger partial charge on any atom is 0.158 e. The van der Waals surface area contributed by atoms with E-state index in [1.54, 1.807) is 24.7 Å². The van der Waals surface area contributed by atoms with Gasteiger partial charge in [-0.3, -0.25) is 4.40 Å². The number of hydrogen-bond donors (Lipinski definition) is 1. The molecule has 9 heteroatoms. The second kappa shape index (κ2) is 8.77. The molecular weight excluding hydrogens is 469 g/mol. The minimum absolute atomic E-state index is 0.0685. The number of ether oxygens (including phenoxy) is 1. The second-order valence-electron chi connectivity index (χ2n) is 7.83. The number of benzene rings is 1. The zero-order valence-electron chi connectivity index (χ0n) is 18.0. The summed E-state index contributed by atoms with van der Waals surface area (Å²) in [6.45, 7) is 7.95. The minimum atomic E-state index is -0.220. The highest BCUT2D eigenvalue weighted by molar-refractivity contribution is 6.33. The van der Waals surface area contributed by atoms with Crippen molar-refractivity contribution >= 4 is 46.1 Å². The third-order valence-corrected chi connectivity index (χ3v) is 6.18. The summed E-state index contributed by atoms with van der Waals surface area (Å²) >= 11 is 19.1. The molecule has 3 aromatic heterocycles. The molecule has 0 bridgehead atoms. The molecule has 0 unspecified atom stereocenters. The number of aromatic nitrogens is 4. The van der Waals surface area contributed by atoms with Crippen molar-refractivity contribution in [2.45, 2.75) is 39.7 Å². The van der Waals surface area contributed by atoms with Gasteiger partial charge in [-0.1, -0.05) is 41.7 Å². The van der Waals surface area contributed by atoms with Crippen LogP contribution in [-0.4, -0.2) is 25.5 Å². The SMILES string of the molecule is Cc1c(Cl)cc([C@@H](C)c2nc(Cl)c3c(N)nccn23)c(OC(C)C)c1-c1ccc(Cl)nc1. The number of pyridine rings is 1. The zero-order chi connectivity index (χ0) is 23.2. The Hall–Kier alpha value is -2.54. The maximum absolute atomic E-state index is 6.70. The molecule has 0 radical (unpaired) electrons. The van der Waals surface area contributed by atoms with Crippen LogP contribution in [0.3, 0.4) is 0 Å². The summed E-state index contributed by atoms with van der Waals surface area (Å²) in [6.07, 6.45) is 5.06. The van der Waals surface area contributed by atoms with Crippen molar-refractivity contribution in [1.82, 2.24) is 19.4 Å². The van der Waals surface area contributed by atoms with Crippen molar-refractivity contribution < 1.29 is 4.74 Å². The van der Waals surface area contributed by atoms with Gasteiger partial charge >= 0.3 is 0 Å². The minimum Gasteiger partial charge on any atom is -0.490 e. The van der Waals surface area contributed by atoms with Gasteiger partial charge in [0, 0.05) is 46.2 Å². The third kappa shape index (κ3) is 3.98. The molecule has 0 spiro atoms. The number of nitrogens with two attached hydrogens (primary N) is 1. The first-order valence-electron chi connectivity index (χ1n) is 10.1. The average molecular weight is 491 g/mol. The van der Waals surface area contributed by atoms with E-state index in [-0.39, 0.29) is 12.0 Å². The normalized spacial score (nSPS) is 12.5. The first-order chi connectivity index (χ1) is 15.2. The summed E-state index contributed by atoms with van der Waals surface area (Å²) < 4.78 is 8.21. The lowest BCUT2D eigenvalue weighted by atomic mass is 9.91. The van der Waals surface area contributed by atoms with Crippen LogP contribution in [0, 0.1) is 6.92 Å². The Kier molecular flexibility index (Phi) is 6.21. The lowest BCUT2D eigenvalue weighted by Crippen LogP contribution is -2.12. The highest BCUT2D eigenvalue weighted by atomic mass is 35.5. The van der Waals surface area contributed by atoms with Crippen molar-refractivity contribution in [3.63, 3.8) is 0 Å². The van der Waals surface area contributed by atoms with E-state index in [0.717, 1.165) is 22.3 Å². The number of nitrogen functional groups attached to an aromatic ring is 1. The van der Waals surface area contributed by atoms with E-state index in [1.165, 1.54) is 0 Å². The highest BCUT2D eigenvalue weighted by Crippen LogP contribution is 2.45. The number of fused-ring (bicyclic) bond motifs is 1. The van der Waals surface area contributed by atoms with Crippen LogP contribution < -0.4 is 10.5 Å². The largest absolute Gasteiger partial charge is 0.490 e. The lowest BCUT2D eigenvalue weighted by Gasteiger charge is -2.24. The van der Waals surface area contributed by atoms with E-state index in [9.17, 15) is 0 Å². The van der Waals surface area contributed by atoms with Gasteiger partial charge in [-0.2, -0.15) is 0 Å². The van der Waals surface area contributed by atoms with Gasteiger partial charge in [0.25, 0.3) is 0 Å². The second-order valence-corrected chi connectivity index (χ2v) is 8.98.